The highest BCUT2D eigenvalue weighted by Gasteiger charge is 2.41. The summed E-state index contributed by atoms with van der Waals surface area (Å²) < 4.78 is 27.2. The Morgan fingerprint density at radius 2 is 1.83 bits per heavy atom. The van der Waals surface area contributed by atoms with E-state index in [1.54, 1.807) is 37.3 Å². The Hall–Kier alpha value is -1.63. The van der Waals surface area contributed by atoms with Crippen molar-refractivity contribution in [3.05, 3.63) is 41.4 Å². The number of hydrogen-bond acceptors (Lipinski definition) is 3. The Bertz CT molecular complexity index is 881. The van der Waals surface area contributed by atoms with Gasteiger partial charge in [-0.05, 0) is 18.1 Å². The molecule has 2 aromatic rings. The number of carbonyl (C=O) groups is 1. The van der Waals surface area contributed by atoms with Crippen molar-refractivity contribution in [1.29, 1.82) is 0 Å². The van der Waals surface area contributed by atoms with Crippen molar-refractivity contribution in [3.63, 3.8) is 0 Å². The fourth-order valence-electron chi connectivity index (χ4n) is 3.04. The van der Waals surface area contributed by atoms with E-state index in [1.165, 1.54) is 10.4 Å². The number of benzene rings is 2. The number of rotatable bonds is 3. The predicted octanol–water partition coefficient (Wildman–Crippen LogP) is 2.83. The van der Waals surface area contributed by atoms with Gasteiger partial charge in [0, 0.05) is 28.9 Å². The van der Waals surface area contributed by atoms with Crippen LogP contribution in [0.3, 0.4) is 0 Å². The average molecular weight is 354 g/mol. The van der Waals surface area contributed by atoms with Crippen LogP contribution in [0.5, 0.6) is 0 Å². The lowest BCUT2D eigenvalue weighted by atomic mass is 9.99. The van der Waals surface area contributed by atoms with Crippen LogP contribution in [0, 0.1) is 11.8 Å². The molecule has 23 heavy (non-hydrogen) atoms. The molecular formula is C16H16ClNO4S. The van der Waals surface area contributed by atoms with Crippen molar-refractivity contribution < 1.29 is 18.3 Å². The lowest BCUT2D eigenvalue weighted by molar-refractivity contribution is -0.142. The van der Waals surface area contributed by atoms with Crippen molar-refractivity contribution in [2.24, 2.45) is 11.8 Å². The van der Waals surface area contributed by atoms with Gasteiger partial charge in [-0.25, -0.2) is 8.42 Å². The third-order valence-corrected chi connectivity index (χ3v) is 6.56. The topological polar surface area (TPSA) is 74.7 Å². The van der Waals surface area contributed by atoms with Gasteiger partial charge in [-0.2, -0.15) is 4.31 Å². The molecule has 1 N–H and O–H groups in total. The van der Waals surface area contributed by atoms with Crippen LogP contribution in [0.1, 0.15) is 6.92 Å². The Morgan fingerprint density at radius 3 is 2.43 bits per heavy atom. The molecule has 1 aliphatic heterocycles. The summed E-state index contributed by atoms with van der Waals surface area (Å²) in [6.07, 6.45) is 0. The van der Waals surface area contributed by atoms with Crippen LogP contribution < -0.4 is 0 Å². The smallest absolute Gasteiger partial charge is 0.308 e. The zero-order valence-electron chi connectivity index (χ0n) is 12.4. The number of hydrogen-bond donors (Lipinski definition) is 1. The molecule has 1 fully saturated rings. The molecule has 0 aromatic heterocycles. The Balaban J connectivity index is 2.08. The van der Waals surface area contributed by atoms with Crippen molar-refractivity contribution in [3.8, 4) is 0 Å². The molecule has 1 saturated heterocycles. The first-order valence-electron chi connectivity index (χ1n) is 7.22. The summed E-state index contributed by atoms with van der Waals surface area (Å²) in [5.74, 6) is -1.86. The maximum atomic E-state index is 13.0. The molecule has 7 heteroatoms. The molecule has 0 amide bonds. The molecule has 1 aliphatic rings. The molecule has 0 saturated carbocycles. The minimum atomic E-state index is -3.77. The Kier molecular flexibility index (Phi) is 4.08. The van der Waals surface area contributed by atoms with Gasteiger partial charge in [0.15, 0.2) is 0 Å². The van der Waals surface area contributed by atoms with E-state index in [-0.39, 0.29) is 23.9 Å². The van der Waals surface area contributed by atoms with E-state index < -0.39 is 21.9 Å². The van der Waals surface area contributed by atoms with E-state index in [1.807, 2.05) is 0 Å². The average Bonchev–Trinajstić information content (AvgIpc) is 2.90. The number of carboxylic acids is 1. The highest BCUT2D eigenvalue weighted by molar-refractivity contribution is 7.89. The van der Waals surface area contributed by atoms with E-state index >= 15 is 0 Å². The summed E-state index contributed by atoms with van der Waals surface area (Å²) in [6, 6.07) is 10.1. The molecule has 5 nitrogen and oxygen atoms in total. The third kappa shape index (κ3) is 2.71. The second kappa shape index (κ2) is 5.78. The summed E-state index contributed by atoms with van der Waals surface area (Å²) in [6.45, 7) is 1.96. The molecule has 0 bridgehead atoms. The van der Waals surface area contributed by atoms with Crippen molar-refractivity contribution in [2.45, 2.75) is 11.8 Å². The van der Waals surface area contributed by atoms with E-state index in [0.717, 1.165) is 0 Å². The number of sulfonamides is 1. The van der Waals surface area contributed by atoms with E-state index in [0.29, 0.717) is 15.8 Å². The summed E-state index contributed by atoms with van der Waals surface area (Å²) in [7, 11) is -3.77. The van der Waals surface area contributed by atoms with Crippen LogP contribution in [0.4, 0.5) is 0 Å². The number of halogens is 1. The van der Waals surface area contributed by atoms with E-state index in [9.17, 15) is 18.3 Å². The molecule has 122 valence electrons. The van der Waals surface area contributed by atoms with Gasteiger partial charge in [0.1, 0.15) is 0 Å². The number of fused-ring (bicyclic) bond motifs is 1. The summed E-state index contributed by atoms with van der Waals surface area (Å²) >= 11 is 6.14. The van der Waals surface area contributed by atoms with Crippen LogP contribution >= 0.6 is 11.6 Å². The minimum absolute atomic E-state index is 0.00418. The highest BCUT2D eigenvalue weighted by atomic mass is 35.5. The fraction of sp³-hybridized carbons (Fsp3) is 0.312. The lowest BCUT2D eigenvalue weighted by Gasteiger charge is -2.18. The van der Waals surface area contributed by atoms with Crippen LogP contribution in [0.15, 0.2) is 41.3 Å². The van der Waals surface area contributed by atoms with Crippen molar-refractivity contribution in [1.82, 2.24) is 4.31 Å². The van der Waals surface area contributed by atoms with Crippen LogP contribution in [0.25, 0.3) is 10.8 Å². The molecule has 0 radical (unpaired) electrons. The van der Waals surface area contributed by atoms with Gasteiger partial charge in [0.05, 0.1) is 10.8 Å². The number of carboxylic acid groups (broad SMARTS) is 1. The van der Waals surface area contributed by atoms with Gasteiger partial charge in [-0.3, -0.25) is 4.79 Å². The maximum absolute atomic E-state index is 13.0. The first-order chi connectivity index (χ1) is 10.8. The standard InChI is InChI=1S/C16H16ClNO4S/c1-10-8-18(9-13(10)16(19)20)23(21,22)15-7-6-14(17)11-4-2-3-5-12(11)15/h2-7,10,13H,8-9H2,1H3,(H,19,20)/t10-,13-/m1/s1. The van der Waals surface area contributed by atoms with Crippen LogP contribution in [-0.2, 0) is 14.8 Å². The van der Waals surface area contributed by atoms with Gasteiger partial charge in [0.2, 0.25) is 10.0 Å². The largest absolute Gasteiger partial charge is 0.481 e. The first kappa shape index (κ1) is 16.2. The minimum Gasteiger partial charge on any atom is -0.481 e. The monoisotopic (exact) mass is 353 g/mol. The Morgan fingerprint density at radius 1 is 1.17 bits per heavy atom. The molecule has 0 spiro atoms. The third-order valence-electron chi connectivity index (χ3n) is 4.34. The van der Waals surface area contributed by atoms with Crippen molar-refractivity contribution >= 4 is 38.4 Å². The molecular weight excluding hydrogens is 338 g/mol. The second-order valence-electron chi connectivity index (χ2n) is 5.84. The van der Waals surface area contributed by atoms with Gasteiger partial charge >= 0.3 is 5.97 Å². The molecule has 0 aliphatic carbocycles. The van der Waals surface area contributed by atoms with Crippen LogP contribution in [0.2, 0.25) is 5.02 Å². The molecule has 1 heterocycles. The predicted molar refractivity (Wildman–Crippen MR) is 88.0 cm³/mol. The van der Waals surface area contributed by atoms with Gasteiger partial charge in [-0.1, -0.05) is 42.8 Å². The summed E-state index contributed by atoms with van der Waals surface area (Å²) in [4.78, 5) is 11.4. The fourth-order valence-corrected chi connectivity index (χ4v) is 5.03. The number of aliphatic carboxylic acids is 1. The molecule has 0 unspecified atom stereocenters. The molecule has 3 rings (SSSR count). The Labute approximate surface area is 139 Å². The quantitative estimate of drug-likeness (QED) is 0.920. The zero-order valence-corrected chi connectivity index (χ0v) is 14.0. The summed E-state index contributed by atoms with van der Waals surface area (Å²) in [5.41, 5.74) is 0. The van der Waals surface area contributed by atoms with E-state index in [4.69, 9.17) is 11.6 Å². The normalized spacial score (nSPS) is 22.5. The number of nitrogens with zero attached hydrogens (tertiary/aromatic N) is 1. The first-order valence-corrected chi connectivity index (χ1v) is 9.04. The summed E-state index contributed by atoms with van der Waals surface area (Å²) in [5, 5.41) is 10.9. The lowest BCUT2D eigenvalue weighted by Crippen LogP contribution is -2.30. The molecule has 2 atom stereocenters. The zero-order chi connectivity index (χ0) is 16.8. The van der Waals surface area contributed by atoms with Gasteiger partial charge < -0.3 is 5.11 Å². The van der Waals surface area contributed by atoms with Gasteiger partial charge in [-0.15, -0.1) is 0 Å². The van der Waals surface area contributed by atoms with Crippen molar-refractivity contribution in [2.75, 3.05) is 13.1 Å². The highest BCUT2D eigenvalue weighted by Crippen LogP contribution is 2.34. The molecule has 2 aromatic carbocycles. The van der Waals surface area contributed by atoms with Gasteiger partial charge in [0.25, 0.3) is 0 Å². The maximum Gasteiger partial charge on any atom is 0.308 e. The van der Waals surface area contributed by atoms with Crippen LogP contribution in [-0.4, -0.2) is 36.9 Å². The van der Waals surface area contributed by atoms with E-state index in [2.05, 4.69) is 0 Å². The second-order valence-corrected chi connectivity index (χ2v) is 8.15. The SMILES string of the molecule is C[C@@H]1CN(S(=O)(=O)c2ccc(Cl)c3ccccc23)C[C@H]1C(=O)O.